The molecule has 0 radical (unpaired) electrons. The van der Waals surface area contributed by atoms with Crippen molar-refractivity contribution in [2.75, 3.05) is 13.2 Å². The maximum absolute atomic E-state index is 8.69. The van der Waals surface area contributed by atoms with Crippen LogP contribution in [0.25, 0.3) is 0 Å². The lowest BCUT2D eigenvalue weighted by molar-refractivity contribution is 0.276. The fraction of sp³-hybridized carbons (Fsp3) is 0.636. The highest BCUT2D eigenvalue weighted by Gasteiger charge is 2.01. The van der Waals surface area contributed by atoms with Crippen LogP contribution in [0.5, 0.6) is 0 Å². The van der Waals surface area contributed by atoms with Gasteiger partial charge < -0.3 is 10.4 Å². The van der Waals surface area contributed by atoms with E-state index in [2.05, 4.69) is 40.3 Å². The molecule has 0 bridgehead atoms. The molecule has 2 nitrogen and oxygen atoms in total. The molecule has 0 aliphatic carbocycles. The van der Waals surface area contributed by atoms with Gasteiger partial charge in [-0.25, -0.2) is 0 Å². The van der Waals surface area contributed by atoms with Crippen LogP contribution < -0.4 is 5.32 Å². The number of thiophene rings is 1. The Bertz CT molecular complexity index is 277. The molecular weight excluding hydrogens is 274 g/mol. The Morgan fingerprint density at radius 3 is 2.93 bits per heavy atom. The quantitative estimate of drug-likeness (QED) is 0.810. The first-order chi connectivity index (χ1) is 7.22. The van der Waals surface area contributed by atoms with Gasteiger partial charge in [-0.1, -0.05) is 0 Å². The summed E-state index contributed by atoms with van der Waals surface area (Å²) in [6, 6.07) is 4.75. The standard InChI is InChI=1S/C11H18BrNOS/c1-9(3-2-8-14)13-7-6-10-4-5-11(12)15-10/h4-5,9,13-14H,2-3,6-8H2,1H3. The molecule has 2 N–H and O–H groups in total. The van der Waals surface area contributed by atoms with Crippen LogP contribution >= 0.6 is 27.3 Å². The first-order valence-electron chi connectivity index (χ1n) is 5.31. The highest BCUT2D eigenvalue weighted by molar-refractivity contribution is 9.11. The molecule has 0 amide bonds. The normalized spacial score (nSPS) is 13.0. The Morgan fingerprint density at radius 2 is 2.33 bits per heavy atom. The molecule has 1 heterocycles. The van der Waals surface area contributed by atoms with Crippen LogP contribution in [0.2, 0.25) is 0 Å². The summed E-state index contributed by atoms with van der Waals surface area (Å²) in [4.78, 5) is 1.41. The van der Waals surface area contributed by atoms with E-state index >= 15 is 0 Å². The fourth-order valence-corrected chi connectivity index (χ4v) is 2.91. The second-order valence-electron chi connectivity index (χ2n) is 3.68. The first-order valence-corrected chi connectivity index (χ1v) is 6.92. The zero-order valence-corrected chi connectivity index (χ0v) is 11.4. The average molecular weight is 292 g/mol. The van der Waals surface area contributed by atoms with E-state index in [-0.39, 0.29) is 0 Å². The lowest BCUT2D eigenvalue weighted by atomic mass is 10.2. The van der Waals surface area contributed by atoms with Crippen LogP contribution in [-0.2, 0) is 6.42 Å². The van der Waals surface area contributed by atoms with Gasteiger partial charge in [-0.15, -0.1) is 11.3 Å². The van der Waals surface area contributed by atoms with Crippen LogP contribution in [-0.4, -0.2) is 24.3 Å². The van der Waals surface area contributed by atoms with Crippen molar-refractivity contribution in [2.45, 2.75) is 32.2 Å². The molecule has 1 atom stereocenters. The fourth-order valence-electron chi connectivity index (χ4n) is 1.43. The average Bonchev–Trinajstić information content (AvgIpc) is 2.61. The Morgan fingerprint density at radius 1 is 1.53 bits per heavy atom. The number of aliphatic hydroxyl groups is 1. The van der Waals surface area contributed by atoms with E-state index in [0.29, 0.717) is 12.6 Å². The number of nitrogens with one attached hydrogen (secondary N) is 1. The molecule has 15 heavy (non-hydrogen) atoms. The van der Waals surface area contributed by atoms with E-state index in [1.807, 2.05) is 0 Å². The number of aliphatic hydroxyl groups excluding tert-OH is 1. The monoisotopic (exact) mass is 291 g/mol. The molecule has 1 aromatic heterocycles. The summed E-state index contributed by atoms with van der Waals surface area (Å²) in [6.07, 6.45) is 3.02. The molecule has 0 aliphatic heterocycles. The van der Waals surface area contributed by atoms with Crippen molar-refractivity contribution in [3.05, 3.63) is 20.8 Å². The molecular formula is C11H18BrNOS. The minimum Gasteiger partial charge on any atom is -0.396 e. The molecule has 0 saturated carbocycles. The van der Waals surface area contributed by atoms with E-state index in [4.69, 9.17) is 5.11 Å². The molecule has 1 aromatic rings. The summed E-state index contributed by atoms with van der Waals surface area (Å²) in [7, 11) is 0. The van der Waals surface area contributed by atoms with Crippen molar-refractivity contribution in [3.8, 4) is 0 Å². The number of hydrogen-bond donors (Lipinski definition) is 2. The van der Waals surface area contributed by atoms with Crippen LogP contribution in [0, 0.1) is 0 Å². The van der Waals surface area contributed by atoms with E-state index < -0.39 is 0 Å². The summed E-state index contributed by atoms with van der Waals surface area (Å²) < 4.78 is 1.20. The Balaban J connectivity index is 2.10. The van der Waals surface area contributed by atoms with Crippen molar-refractivity contribution < 1.29 is 5.11 Å². The van der Waals surface area contributed by atoms with Gasteiger partial charge >= 0.3 is 0 Å². The molecule has 0 aliphatic rings. The molecule has 86 valence electrons. The third-order valence-corrected chi connectivity index (χ3v) is 3.97. The smallest absolute Gasteiger partial charge is 0.0701 e. The van der Waals surface area contributed by atoms with E-state index in [9.17, 15) is 0 Å². The highest BCUT2D eigenvalue weighted by atomic mass is 79.9. The number of halogens is 1. The maximum atomic E-state index is 8.69. The van der Waals surface area contributed by atoms with Crippen LogP contribution in [0.4, 0.5) is 0 Å². The van der Waals surface area contributed by atoms with Gasteiger partial charge in [0.05, 0.1) is 3.79 Å². The first kappa shape index (κ1) is 13.2. The van der Waals surface area contributed by atoms with Gasteiger partial charge in [0.25, 0.3) is 0 Å². The molecule has 0 fully saturated rings. The summed E-state index contributed by atoms with van der Waals surface area (Å²) in [5.41, 5.74) is 0. The zero-order valence-electron chi connectivity index (χ0n) is 9.00. The van der Waals surface area contributed by atoms with Gasteiger partial charge in [0.1, 0.15) is 0 Å². The molecule has 1 unspecified atom stereocenters. The van der Waals surface area contributed by atoms with Gasteiger partial charge in [0.2, 0.25) is 0 Å². The van der Waals surface area contributed by atoms with Gasteiger partial charge in [0.15, 0.2) is 0 Å². The summed E-state index contributed by atoms with van der Waals surface area (Å²) in [6.45, 7) is 3.48. The second kappa shape index (κ2) is 7.39. The van der Waals surface area contributed by atoms with Crippen molar-refractivity contribution in [3.63, 3.8) is 0 Å². The topological polar surface area (TPSA) is 32.3 Å². The third kappa shape index (κ3) is 5.66. The van der Waals surface area contributed by atoms with Crippen molar-refractivity contribution in [2.24, 2.45) is 0 Å². The second-order valence-corrected chi connectivity index (χ2v) is 6.22. The third-order valence-electron chi connectivity index (χ3n) is 2.29. The predicted octanol–water partition coefficient (Wildman–Crippen LogP) is 2.80. The van der Waals surface area contributed by atoms with E-state index in [1.54, 1.807) is 11.3 Å². The van der Waals surface area contributed by atoms with Gasteiger partial charge in [-0.3, -0.25) is 0 Å². The van der Waals surface area contributed by atoms with Crippen molar-refractivity contribution in [1.82, 2.24) is 5.32 Å². The zero-order chi connectivity index (χ0) is 11.1. The summed E-state index contributed by atoms with van der Waals surface area (Å²) >= 11 is 5.25. The summed E-state index contributed by atoms with van der Waals surface area (Å²) in [5, 5.41) is 12.1. The lowest BCUT2D eigenvalue weighted by Gasteiger charge is -2.12. The summed E-state index contributed by atoms with van der Waals surface area (Å²) in [5.74, 6) is 0. The minimum absolute atomic E-state index is 0.296. The molecule has 4 heteroatoms. The Kier molecular flexibility index (Phi) is 6.48. The molecule has 0 aromatic carbocycles. The van der Waals surface area contributed by atoms with E-state index in [1.165, 1.54) is 8.66 Å². The Labute approximate surface area is 104 Å². The largest absolute Gasteiger partial charge is 0.396 e. The Hall–Kier alpha value is 0.1000. The SMILES string of the molecule is CC(CCCO)NCCc1ccc(Br)s1. The van der Waals surface area contributed by atoms with Crippen molar-refractivity contribution in [1.29, 1.82) is 0 Å². The maximum Gasteiger partial charge on any atom is 0.0701 e. The predicted molar refractivity (Wildman–Crippen MR) is 69.5 cm³/mol. The van der Waals surface area contributed by atoms with Gasteiger partial charge in [-0.2, -0.15) is 0 Å². The van der Waals surface area contributed by atoms with Crippen LogP contribution in [0.3, 0.4) is 0 Å². The van der Waals surface area contributed by atoms with E-state index in [0.717, 1.165) is 25.8 Å². The van der Waals surface area contributed by atoms with Crippen LogP contribution in [0.15, 0.2) is 15.9 Å². The molecule has 1 rings (SSSR count). The number of rotatable bonds is 7. The highest BCUT2D eigenvalue weighted by Crippen LogP contribution is 2.22. The molecule has 0 spiro atoms. The minimum atomic E-state index is 0.296. The van der Waals surface area contributed by atoms with Gasteiger partial charge in [0, 0.05) is 24.1 Å². The van der Waals surface area contributed by atoms with Crippen molar-refractivity contribution >= 4 is 27.3 Å². The molecule has 0 saturated heterocycles. The van der Waals surface area contributed by atoms with Gasteiger partial charge in [-0.05, 0) is 54.2 Å². The lowest BCUT2D eigenvalue weighted by Crippen LogP contribution is -2.28. The number of hydrogen-bond acceptors (Lipinski definition) is 3. The van der Waals surface area contributed by atoms with Crippen LogP contribution in [0.1, 0.15) is 24.6 Å².